The number of hydrogen-bond acceptors (Lipinski definition) is 1. The van der Waals surface area contributed by atoms with Crippen LogP contribution in [0.25, 0.3) is 0 Å². The van der Waals surface area contributed by atoms with E-state index in [0.29, 0.717) is 12.5 Å². The summed E-state index contributed by atoms with van der Waals surface area (Å²) in [5.74, 6) is 0.531. The lowest BCUT2D eigenvalue weighted by Gasteiger charge is -2.29. The molecule has 0 spiro atoms. The Hall–Kier alpha value is -0.830. The van der Waals surface area contributed by atoms with Crippen molar-refractivity contribution in [3.05, 3.63) is 33.8 Å². The lowest BCUT2D eigenvalue weighted by Crippen LogP contribution is -2.37. The van der Waals surface area contributed by atoms with Gasteiger partial charge in [-0.2, -0.15) is 0 Å². The fourth-order valence-corrected chi connectivity index (χ4v) is 1.81. The maximum atomic E-state index is 12.2. The number of benzene rings is 1. The van der Waals surface area contributed by atoms with Gasteiger partial charge in [-0.1, -0.05) is 49.7 Å². The fourth-order valence-electron chi connectivity index (χ4n) is 1.45. The lowest BCUT2D eigenvalue weighted by atomic mass is 9.81. The number of halogens is 1. The summed E-state index contributed by atoms with van der Waals surface area (Å²) in [5, 5.41) is 3.03. The molecule has 0 heterocycles. The number of amides is 1. The summed E-state index contributed by atoms with van der Waals surface area (Å²) in [6.45, 7) is 11.3. The van der Waals surface area contributed by atoms with Gasteiger partial charge in [-0.15, -0.1) is 0 Å². The number of rotatable bonds is 4. The summed E-state index contributed by atoms with van der Waals surface area (Å²) in [4.78, 5) is 12.2. The maximum absolute atomic E-state index is 12.2. The van der Waals surface area contributed by atoms with Crippen molar-refractivity contribution in [1.29, 1.82) is 0 Å². The number of aryl methyl sites for hydroxylation is 1. The Balaban J connectivity index is 2.75. The van der Waals surface area contributed by atoms with E-state index in [0.717, 1.165) is 15.6 Å². The third-order valence-electron chi connectivity index (χ3n) is 3.71. The molecule has 1 N–H and O–H groups in total. The quantitative estimate of drug-likeness (QED) is 0.888. The fraction of sp³-hybridized carbons (Fsp3) is 0.533. The molecule has 1 aromatic carbocycles. The van der Waals surface area contributed by atoms with Gasteiger partial charge in [0.2, 0.25) is 0 Å². The summed E-state index contributed by atoms with van der Waals surface area (Å²) >= 11 is 3.40. The van der Waals surface area contributed by atoms with Crippen molar-refractivity contribution < 1.29 is 4.79 Å². The zero-order chi connectivity index (χ0) is 13.9. The minimum Gasteiger partial charge on any atom is -0.351 e. The molecule has 0 atom stereocenters. The summed E-state index contributed by atoms with van der Waals surface area (Å²) in [6, 6.07) is 5.77. The highest BCUT2D eigenvalue weighted by molar-refractivity contribution is 9.10. The monoisotopic (exact) mass is 311 g/mol. The lowest BCUT2D eigenvalue weighted by molar-refractivity contribution is 0.0924. The van der Waals surface area contributed by atoms with E-state index >= 15 is 0 Å². The molecule has 100 valence electrons. The Bertz CT molecular complexity index is 438. The van der Waals surface area contributed by atoms with E-state index in [9.17, 15) is 4.79 Å². The molecule has 0 aromatic heterocycles. The third-order valence-corrected chi connectivity index (χ3v) is 4.21. The van der Waals surface area contributed by atoms with Crippen molar-refractivity contribution in [2.24, 2.45) is 11.3 Å². The number of nitrogens with one attached hydrogen (secondary N) is 1. The van der Waals surface area contributed by atoms with Crippen LogP contribution in [0.3, 0.4) is 0 Å². The van der Waals surface area contributed by atoms with Crippen LogP contribution in [0.4, 0.5) is 0 Å². The van der Waals surface area contributed by atoms with Gasteiger partial charge >= 0.3 is 0 Å². The third kappa shape index (κ3) is 3.84. The van der Waals surface area contributed by atoms with Crippen molar-refractivity contribution in [2.45, 2.75) is 34.6 Å². The van der Waals surface area contributed by atoms with Crippen LogP contribution in [0, 0.1) is 18.3 Å². The molecule has 0 saturated heterocycles. The minimum absolute atomic E-state index is 0.00234. The van der Waals surface area contributed by atoms with Crippen LogP contribution >= 0.6 is 15.9 Å². The molecule has 0 bridgehead atoms. The molecule has 2 nitrogen and oxygen atoms in total. The van der Waals surface area contributed by atoms with Gasteiger partial charge in [0.15, 0.2) is 0 Å². The van der Waals surface area contributed by atoms with Gasteiger partial charge < -0.3 is 5.32 Å². The standard InChI is InChI=1S/C15H22BrNO/c1-10(2)15(4,5)9-17-14(18)13-8-12(16)7-6-11(13)3/h6-8,10H,9H2,1-5H3,(H,17,18). The second-order valence-corrected chi connectivity index (χ2v) is 6.70. The zero-order valence-corrected chi connectivity index (χ0v) is 13.4. The minimum atomic E-state index is 0.00234. The summed E-state index contributed by atoms with van der Waals surface area (Å²) in [7, 11) is 0. The molecule has 0 fully saturated rings. The second-order valence-electron chi connectivity index (χ2n) is 5.79. The summed E-state index contributed by atoms with van der Waals surface area (Å²) in [5.41, 5.74) is 1.84. The SMILES string of the molecule is Cc1ccc(Br)cc1C(=O)NCC(C)(C)C(C)C. The average molecular weight is 312 g/mol. The van der Waals surface area contributed by atoms with Gasteiger partial charge in [0.05, 0.1) is 0 Å². The summed E-state index contributed by atoms with van der Waals surface area (Å²) < 4.78 is 0.932. The van der Waals surface area contributed by atoms with E-state index in [-0.39, 0.29) is 11.3 Å². The van der Waals surface area contributed by atoms with Crippen molar-refractivity contribution in [3.8, 4) is 0 Å². The van der Waals surface area contributed by atoms with Crippen molar-refractivity contribution in [3.63, 3.8) is 0 Å². The van der Waals surface area contributed by atoms with Crippen molar-refractivity contribution >= 4 is 21.8 Å². The van der Waals surface area contributed by atoms with Crippen LogP contribution in [-0.4, -0.2) is 12.5 Å². The Labute approximate surface area is 118 Å². The van der Waals surface area contributed by atoms with Crippen molar-refractivity contribution in [1.82, 2.24) is 5.32 Å². The van der Waals surface area contributed by atoms with E-state index in [1.165, 1.54) is 0 Å². The first-order valence-electron chi connectivity index (χ1n) is 6.28. The highest BCUT2D eigenvalue weighted by atomic mass is 79.9. The van der Waals surface area contributed by atoms with Crippen LogP contribution < -0.4 is 5.32 Å². The molecule has 0 aliphatic rings. The van der Waals surface area contributed by atoms with E-state index in [2.05, 4.69) is 48.9 Å². The molecule has 1 rings (SSSR count). The molecule has 0 radical (unpaired) electrons. The van der Waals surface area contributed by atoms with Gasteiger partial charge in [-0.25, -0.2) is 0 Å². The normalized spacial score (nSPS) is 11.7. The van der Waals surface area contributed by atoms with Gasteiger partial charge in [0.1, 0.15) is 0 Å². The first-order valence-corrected chi connectivity index (χ1v) is 7.07. The Morgan fingerprint density at radius 3 is 2.56 bits per heavy atom. The van der Waals surface area contributed by atoms with Gasteiger partial charge in [-0.3, -0.25) is 4.79 Å². The summed E-state index contributed by atoms with van der Waals surface area (Å²) in [6.07, 6.45) is 0. The molecule has 1 aromatic rings. The van der Waals surface area contributed by atoms with E-state index in [4.69, 9.17) is 0 Å². The van der Waals surface area contributed by atoms with Crippen molar-refractivity contribution in [2.75, 3.05) is 6.54 Å². The van der Waals surface area contributed by atoms with E-state index in [1.807, 2.05) is 25.1 Å². The van der Waals surface area contributed by atoms with Crippen LogP contribution in [-0.2, 0) is 0 Å². The predicted octanol–water partition coefficient (Wildman–Crippen LogP) is 4.17. The first-order chi connectivity index (χ1) is 8.24. The van der Waals surface area contributed by atoms with E-state index in [1.54, 1.807) is 0 Å². The van der Waals surface area contributed by atoms with Crippen LogP contribution in [0.2, 0.25) is 0 Å². The Morgan fingerprint density at radius 2 is 2.00 bits per heavy atom. The van der Waals surface area contributed by atoms with Gasteiger partial charge in [-0.05, 0) is 36.0 Å². The van der Waals surface area contributed by atoms with E-state index < -0.39 is 0 Å². The molecular weight excluding hydrogens is 290 g/mol. The maximum Gasteiger partial charge on any atom is 0.251 e. The number of hydrogen-bond donors (Lipinski definition) is 1. The average Bonchev–Trinajstić information content (AvgIpc) is 2.29. The first kappa shape index (κ1) is 15.2. The Kier molecular flexibility index (Phi) is 4.97. The molecular formula is C15H22BrNO. The molecule has 18 heavy (non-hydrogen) atoms. The number of carbonyl (C=O) groups is 1. The smallest absolute Gasteiger partial charge is 0.251 e. The number of carbonyl (C=O) groups excluding carboxylic acids is 1. The molecule has 0 aliphatic carbocycles. The molecule has 1 amide bonds. The van der Waals surface area contributed by atoms with Gasteiger partial charge in [0, 0.05) is 16.6 Å². The zero-order valence-electron chi connectivity index (χ0n) is 11.8. The largest absolute Gasteiger partial charge is 0.351 e. The van der Waals surface area contributed by atoms with Crippen LogP contribution in [0.5, 0.6) is 0 Å². The Morgan fingerprint density at radius 1 is 1.39 bits per heavy atom. The molecule has 3 heteroatoms. The second kappa shape index (κ2) is 5.87. The molecule has 0 aliphatic heterocycles. The van der Waals surface area contributed by atoms with Gasteiger partial charge in [0.25, 0.3) is 5.91 Å². The van der Waals surface area contributed by atoms with Crippen LogP contribution in [0.1, 0.15) is 43.6 Å². The van der Waals surface area contributed by atoms with Crippen LogP contribution in [0.15, 0.2) is 22.7 Å². The molecule has 0 unspecified atom stereocenters. The predicted molar refractivity (Wildman–Crippen MR) is 79.8 cm³/mol. The molecule has 0 saturated carbocycles. The highest BCUT2D eigenvalue weighted by Gasteiger charge is 2.23. The topological polar surface area (TPSA) is 29.1 Å². The highest BCUT2D eigenvalue weighted by Crippen LogP contribution is 2.25.